The minimum absolute atomic E-state index is 0.864. The maximum Gasteiger partial charge on any atom is 0.0474 e. The molecule has 80 valence electrons. The molecule has 0 saturated heterocycles. The Balaban J connectivity index is 3.05. The van der Waals surface area contributed by atoms with E-state index in [-0.39, 0.29) is 0 Å². The molecule has 0 aromatic carbocycles. The first-order valence-electron chi connectivity index (χ1n) is 4.97. The summed E-state index contributed by atoms with van der Waals surface area (Å²) in [6.45, 7) is 4.03. The van der Waals surface area contributed by atoms with Gasteiger partial charge in [-0.15, -0.1) is 0 Å². The van der Waals surface area contributed by atoms with Crippen molar-refractivity contribution in [1.82, 2.24) is 4.90 Å². The Labute approximate surface area is 82.0 Å². The molecule has 3 heteroatoms. The van der Waals surface area contributed by atoms with Gasteiger partial charge in [-0.05, 0) is 32.9 Å². The molecule has 0 radical (unpaired) electrons. The van der Waals surface area contributed by atoms with Gasteiger partial charge in [-0.2, -0.15) is 0 Å². The highest BCUT2D eigenvalue weighted by molar-refractivity contribution is 4.51. The van der Waals surface area contributed by atoms with E-state index in [2.05, 4.69) is 11.9 Å². The number of hydrogen-bond acceptors (Lipinski definition) is 3. The Morgan fingerprint density at radius 2 is 1.38 bits per heavy atom. The van der Waals surface area contributed by atoms with Crippen molar-refractivity contribution in [2.45, 2.75) is 19.3 Å². The van der Waals surface area contributed by atoms with Gasteiger partial charge in [0, 0.05) is 34.0 Å². The minimum atomic E-state index is 0.864. The van der Waals surface area contributed by atoms with Crippen LogP contribution in [0.25, 0.3) is 0 Å². The molecule has 0 aliphatic rings. The third-order valence-corrected chi connectivity index (χ3v) is 2.03. The molecular formula is C10H23NO2. The molecule has 0 aliphatic carbocycles. The van der Waals surface area contributed by atoms with Gasteiger partial charge in [0.15, 0.2) is 0 Å². The number of nitrogens with zero attached hydrogens (tertiary/aromatic N) is 1. The van der Waals surface area contributed by atoms with Gasteiger partial charge < -0.3 is 14.4 Å². The Bertz CT molecular complexity index is 98.9. The zero-order valence-corrected chi connectivity index (χ0v) is 9.21. The van der Waals surface area contributed by atoms with E-state index in [0.717, 1.165) is 39.1 Å². The van der Waals surface area contributed by atoms with Crippen LogP contribution in [0.3, 0.4) is 0 Å². The summed E-state index contributed by atoms with van der Waals surface area (Å²) in [7, 11) is 5.66. The lowest BCUT2D eigenvalue weighted by molar-refractivity contribution is 0.172. The summed E-state index contributed by atoms with van der Waals surface area (Å²) in [5.41, 5.74) is 0. The van der Waals surface area contributed by atoms with Crippen molar-refractivity contribution < 1.29 is 9.47 Å². The van der Waals surface area contributed by atoms with Crippen molar-refractivity contribution in [3.05, 3.63) is 0 Å². The molecule has 0 aromatic rings. The smallest absolute Gasteiger partial charge is 0.0474 e. The predicted octanol–water partition coefficient (Wildman–Crippen LogP) is 1.38. The molecule has 0 aliphatic heterocycles. The second-order valence-electron chi connectivity index (χ2n) is 3.35. The molecule has 0 unspecified atom stereocenters. The first kappa shape index (κ1) is 12.9. The van der Waals surface area contributed by atoms with Gasteiger partial charge in [0.05, 0.1) is 0 Å². The fourth-order valence-corrected chi connectivity index (χ4v) is 1.22. The van der Waals surface area contributed by atoms with Gasteiger partial charge in [0.2, 0.25) is 0 Å². The highest BCUT2D eigenvalue weighted by Crippen LogP contribution is 1.94. The van der Waals surface area contributed by atoms with E-state index in [1.165, 1.54) is 6.42 Å². The summed E-state index contributed by atoms with van der Waals surface area (Å²) in [5, 5.41) is 0. The van der Waals surface area contributed by atoms with E-state index in [9.17, 15) is 0 Å². The molecule has 0 rings (SSSR count). The molecule has 0 bridgehead atoms. The van der Waals surface area contributed by atoms with Gasteiger partial charge >= 0.3 is 0 Å². The van der Waals surface area contributed by atoms with E-state index in [4.69, 9.17) is 9.47 Å². The van der Waals surface area contributed by atoms with E-state index in [1.807, 2.05) is 0 Å². The van der Waals surface area contributed by atoms with Gasteiger partial charge in [-0.3, -0.25) is 0 Å². The van der Waals surface area contributed by atoms with E-state index in [0.29, 0.717) is 0 Å². The largest absolute Gasteiger partial charge is 0.385 e. The summed E-state index contributed by atoms with van der Waals surface area (Å²) >= 11 is 0. The first-order chi connectivity index (χ1) is 6.31. The van der Waals surface area contributed by atoms with Crippen LogP contribution < -0.4 is 0 Å². The van der Waals surface area contributed by atoms with Crippen LogP contribution in [0, 0.1) is 0 Å². The second kappa shape index (κ2) is 9.96. The van der Waals surface area contributed by atoms with Gasteiger partial charge in [0.25, 0.3) is 0 Å². The highest BCUT2D eigenvalue weighted by atomic mass is 16.5. The summed E-state index contributed by atoms with van der Waals surface area (Å²) in [4.78, 5) is 2.34. The van der Waals surface area contributed by atoms with Crippen LogP contribution in [0.5, 0.6) is 0 Å². The van der Waals surface area contributed by atoms with Crippen LogP contribution in [0.1, 0.15) is 19.3 Å². The van der Waals surface area contributed by atoms with E-state index in [1.54, 1.807) is 14.2 Å². The zero-order chi connectivity index (χ0) is 9.94. The molecule has 0 N–H and O–H groups in total. The third kappa shape index (κ3) is 9.80. The lowest BCUT2D eigenvalue weighted by Crippen LogP contribution is -2.22. The molecule has 0 saturated carbocycles. The first-order valence-corrected chi connectivity index (χ1v) is 4.97. The van der Waals surface area contributed by atoms with Gasteiger partial charge in [-0.1, -0.05) is 0 Å². The van der Waals surface area contributed by atoms with Crippen LogP contribution in [0.4, 0.5) is 0 Å². The van der Waals surface area contributed by atoms with Gasteiger partial charge in [0.1, 0.15) is 0 Å². The predicted molar refractivity (Wildman–Crippen MR) is 55.1 cm³/mol. The van der Waals surface area contributed by atoms with Crippen molar-refractivity contribution in [2.75, 3.05) is 47.6 Å². The minimum Gasteiger partial charge on any atom is -0.385 e. The Kier molecular flexibility index (Phi) is 9.87. The van der Waals surface area contributed by atoms with Crippen LogP contribution in [0.2, 0.25) is 0 Å². The summed E-state index contributed by atoms with van der Waals surface area (Å²) in [6.07, 6.45) is 3.50. The van der Waals surface area contributed by atoms with Crippen molar-refractivity contribution >= 4 is 0 Å². The SMILES string of the molecule is COCCCCN(C)CCCOC. The van der Waals surface area contributed by atoms with Crippen molar-refractivity contribution in [3.8, 4) is 0 Å². The summed E-state index contributed by atoms with van der Waals surface area (Å²) in [5.74, 6) is 0. The fraction of sp³-hybridized carbons (Fsp3) is 1.00. The topological polar surface area (TPSA) is 21.7 Å². The Hall–Kier alpha value is -0.120. The van der Waals surface area contributed by atoms with Crippen LogP contribution in [-0.2, 0) is 9.47 Å². The molecule has 0 atom stereocenters. The van der Waals surface area contributed by atoms with Crippen molar-refractivity contribution in [1.29, 1.82) is 0 Å². The normalized spacial score (nSPS) is 11.1. The molecule has 0 aromatic heterocycles. The van der Waals surface area contributed by atoms with Crippen LogP contribution in [-0.4, -0.2) is 52.5 Å². The standard InChI is InChI=1S/C10H23NO2/c1-11(8-6-10-13-3)7-4-5-9-12-2/h4-10H2,1-3H3. The average Bonchev–Trinajstić information content (AvgIpc) is 2.13. The average molecular weight is 189 g/mol. The molecule has 0 fully saturated rings. The fourth-order valence-electron chi connectivity index (χ4n) is 1.22. The zero-order valence-electron chi connectivity index (χ0n) is 9.21. The molecule has 13 heavy (non-hydrogen) atoms. The lowest BCUT2D eigenvalue weighted by atomic mass is 10.3. The molecular weight excluding hydrogens is 166 g/mol. The molecule has 0 heterocycles. The maximum absolute atomic E-state index is 4.99. The van der Waals surface area contributed by atoms with Crippen LogP contribution >= 0.6 is 0 Å². The third-order valence-electron chi connectivity index (χ3n) is 2.03. The van der Waals surface area contributed by atoms with E-state index < -0.39 is 0 Å². The maximum atomic E-state index is 4.99. The Morgan fingerprint density at radius 3 is 2.00 bits per heavy atom. The highest BCUT2D eigenvalue weighted by Gasteiger charge is 1.97. The lowest BCUT2D eigenvalue weighted by Gasteiger charge is -2.15. The number of methoxy groups -OCH3 is 2. The summed E-state index contributed by atoms with van der Waals surface area (Å²) in [6, 6.07) is 0. The number of rotatable bonds is 9. The number of unbranched alkanes of at least 4 members (excludes halogenated alkanes) is 1. The monoisotopic (exact) mass is 189 g/mol. The molecule has 3 nitrogen and oxygen atoms in total. The molecule has 0 spiro atoms. The van der Waals surface area contributed by atoms with Gasteiger partial charge in [-0.25, -0.2) is 0 Å². The van der Waals surface area contributed by atoms with Crippen LogP contribution in [0.15, 0.2) is 0 Å². The van der Waals surface area contributed by atoms with Crippen molar-refractivity contribution in [2.24, 2.45) is 0 Å². The Morgan fingerprint density at radius 1 is 0.846 bits per heavy atom. The summed E-state index contributed by atoms with van der Waals surface area (Å²) < 4.78 is 9.97. The van der Waals surface area contributed by atoms with Crippen molar-refractivity contribution in [3.63, 3.8) is 0 Å². The van der Waals surface area contributed by atoms with E-state index >= 15 is 0 Å². The number of hydrogen-bond donors (Lipinski definition) is 0. The molecule has 0 amide bonds. The second-order valence-corrected chi connectivity index (χ2v) is 3.35. The number of ether oxygens (including phenoxy) is 2. The quantitative estimate of drug-likeness (QED) is 0.511.